The van der Waals surface area contributed by atoms with Crippen molar-refractivity contribution in [3.63, 3.8) is 0 Å². The summed E-state index contributed by atoms with van der Waals surface area (Å²) >= 11 is 0. The highest BCUT2D eigenvalue weighted by atomic mass is 19.1. The lowest BCUT2D eigenvalue weighted by molar-refractivity contribution is 0.100. The van der Waals surface area contributed by atoms with E-state index in [1.165, 1.54) is 42.2 Å². The highest BCUT2D eigenvalue weighted by Crippen LogP contribution is 2.22. The molecule has 1 amide bonds. The van der Waals surface area contributed by atoms with E-state index < -0.39 is 17.8 Å². The number of nitrogens with zero attached hydrogens (tertiary/aromatic N) is 2. The Morgan fingerprint density at radius 2 is 2.28 bits per heavy atom. The molecule has 1 aromatic heterocycles. The lowest BCUT2D eigenvalue weighted by Gasteiger charge is -2.11. The van der Waals surface area contributed by atoms with E-state index in [9.17, 15) is 14.3 Å². The van der Waals surface area contributed by atoms with Gasteiger partial charge in [-0.3, -0.25) is 4.79 Å². The summed E-state index contributed by atoms with van der Waals surface area (Å²) < 4.78 is 14.5. The van der Waals surface area contributed by atoms with Crippen LogP contribution in [0.1, 0.15) is 28.9 Å². The summed E-state index contributed by atoms with van der Waals surface area (Å²) in [6.45, 7) is 1.52. The average molecular weight is 249 g/mol. The van der Waals surface area contributed by atoms with E-state index in [1.807, 2.05) is 0 Å². The predicted octanol–water partition coefficient (Wildman–Crippen LogP) is 1.16. The lowest BCUT2D eigenvalue weighted by atomic mass is 10.1. The zero-order chi connectivity index (χ0) is 13.3. The van der Waals surface area contributed by atoms with Gasteiger partial charge < -0.3 is 10.8 Å². The van der Waals surface area contributed by atoms with Gasteiger partial charge in [0, 0.05) is 11.8 Å². The van der Waals surface area contributed by atoms with Gasteiger partial charge in [0.1, 0.15) is 5.82 Å². The zero-order valence-electron chi connectivity index (χ0n) is 9.67. The third-order valence-electron chi connectivity index (χ3n) is 2.55. The first kappa shape index (κ1) is 12.3. The van der Waals surface area contributed by atoms with Crippen LogP contribution in [0.3, 0.4) is 0 Å². The number of benzene rings is 1. The summed E-state index contributed by atoms with van der Waals surface area (Å²) in [5.41, 5.74) is 6.25. The minimum Gasteiger partial charge on any atom is -0.389 e. The molecule has 0 spiro atoms. The maximum atomic E-state index is 13.1. The molecule has 0 saturated carbocycles. The molecule has 0 aliphatic heterocycles. The second kappa shape index (κ2) is 4.58. The van der Waals surface area contributed by atoms with Crippen molar-refractivity contribution in [2.24, 2.45) is 5.73 Å². The van der Waals surface area contributed by atoms with Crippen LogP contribution in [0.5, 0.6) is 0 Å². The van der Waals surface area contributed by atoms with Gasteiger partial charge in [-0.1, -0.05) is 0 Å². The van der Waals surface area contributed by atoms with Crippen molar-refractivity contribution in [1.29, 1.82) is 0 Å². The minimum absolute atomic E-state index is 0.246. The van der Waals surface area contributed by atoms with Crippen molar-refractivity contribution >= 4 is 5.91 Å². The number of aliphatic hydroxyl groups excluding tert-OH is 1. The Morgan fingerprint density at radius 1 is 1.56 bits per heavy atom. The van der Waals surface area contributed by atoms with Crippen LogP contribution in [-0.4, -0.2) is 20.8 Å². The molecule has 5 nitrogen and oxygen atoms in total. The summed E-state index contributed by atoms with van der Waals surface area (Å²) in [4.78, 5) is 11.0. The number of aliphatic hydroxyl groups is 1. The molecule has 0 bridgehead atoms. The van der Waals surface area contributed by atoms with Crippen molar-refractivity contribution in [1.82, 2.24) is 9.78 Å². The van der Waals surface area contributed by atoms with Gasteiger partial charge in [-0.15, -0.1) is 0 Å². The minimum atomic E-state index is -0.850. The third kappa shape index (κ3) is 2.23. The molecule has 3 N–H and O–H groups in total. The molecule has 1 heterocycles. The normalized spacial score (nSPS) is 12.4. The van der Waals surface area contributed by atoms with Gasteiger partial charge in [0.2, 0.25) is 0 Å². The molecule has 0 radical (unpaired) electrons. The molecule has 18 heavy (non-hydrogen) atoms. The standard InChI is InChI=1S/C12H12FN3O2/c1-7(17)10-4-9(13)2-3-11(10)16-6-8(5-15-16)12(14)18/h2-7,17H,1H3,(H2,14,18). The van der Waals surface area contributed by atoms with E-state index in [4.69, 9.17) is 5.73 Å². The van der Waals surface area contributed by atoms with Gasteiger partial charge in [0.25, 0.3) is 5.91 Å². The Hall–Kier alpha value is -2.21. The first-order valence-corrected chi connectivity index (χ1v) is 5.31. The van der Waals surface area contributed by atoms with Gasteiger partial charge in [-0.25, -0.2) is 9.07 Å². The number of halogens is 1. The molecule has 0 aliphatic rings. The molecular weight excluding hydrogens is 237 g/mol. The Labute approximate surface area is 103 Å². The summed E-state index contributed by atoms with van der Waals surface area (Å²) in [7, 11) is 0. The van der Waals surface area contributed by atoms with Crippen molar-refractivity contribution in [2.45, 2.75) is 13.0 Å². The van der Waals surface area contributed by atoms with Crippen molar-refractivity contribution in [3.8, 4) is 5.69 Å². The fraction of sp³-hybridized carbons (Fsp3) is 0.167. The summed E-state index contributed by atoms with van der Waals surface area (Å²) in [6, 6.07) is 3.97. The molecule has 1 unspecified atom stereocenters. The molecule has 1 aromatic carbocycles. The summed E-state index contributed by atoms with van der Waals surface area (Å²) in [5.74, 6) is -1.04. The highest BCUT2D eigenvalue weighted by Gasteiger charge is 2.13. The number of amides is 1. The molecule has 0 saturated heterocycles. The monoisotopic (exact) mass is 249 g/mol. The summed E-state index contributed by atoms with van der Waals surface area (Å²) in [5, 5.41) is 13.6. The zero-order valence-corrected chi connectivity index (χ0v) is 9.67. The highest BCUT2D eigenvalue weighted by molar-refractivity contribution is 5.92. The van der Waals surface area contributed by atoms with Gasteiger partial charge in [-0.05, 0) is 25.1 Å². The fourth-order valence-corrected chi connectivity index (χ4v) is 1.65. The second-order valence-electron chi connectivity index (χ2n) is 3.92. The van der Waals surface area contributed by atoms with Crippen LogP contribution in [0.4, 0.5) is 4.39 Å². The number of aromatic nitrogens is 2. The topological polar surface area (TPSA) is 81.1 Å². The largest absolute Gasteiger partial charge is 0.389 e. The van der Waals surface area contributed by atoms with Crippen molar-refractivity contribution in [3.05, 3.63) is 47.5 Å². The molecule has 2 aromatic rings. The van der Waals surface area contributed by atoms with E-state index >= 15 is 0 Å². The van der Waals surface area contributed by atoms with E-state index in [1.54, 1.807) is 0 Å². The second-order valence-corrected chi connectivity index (χ2v) is 3.92. The van der Waals surface area contributed by atoms with Crippen LogP contribution in [0.2, 0.25) is 0 Å². The van der Waals surface area contributed by atoms with Gasteiger partial charge in [0.15, 0.2) is 0 Å². The molecular formula is C12H12FN3O2. The Balaban J connectivity index is 2.52. The maximum Gasteiger partial charge on any atom is 0.251 e. The van der Waals surface area contributed by atoms with Crippen LogP contribution >= 0.6 is 0 Å². The number of hydrogen-bond donors (Lipinski definition) is 2. The smallest absolute Gasteiger partial charge is 0.251 e. The van der Waals surface area contributed by atoms with Crippen LogP contribution < -0.4 is 5.73 Å². The first-order valence-electron chi connectivity index (χ1n) is 5.31. The molecule has 6 heteroatoms. The maximum absolute atomic E-state index is 13.1. The van der Waals surface area contributed by atoms with Gasteiger partial charge in [0.05, 0.1) is 23.6 Å². The first-order chi connectivity index (χ1) is 8.49. The van der Waals surface area contributed by atoms with Gasteiger partial charge in [-0.2, -0.15) is 5.10 Å². The predicted molar refractivity (Wildman–Crippen MR) is 62.7 cm³/mol. The van der Waals surface area contributed by atoms with Crippen molar-refractivity contribution in [2.75, 3.05) is 0 Å². The number of rotatable bonds is 3. The Morgan fingerprint density at radius 3 is 2.83 bits per heavy atom. The lowest BCUT2D eigenvalue weighted by Crippen LogP contribution is -2.09. The number of carbonyl (C=O) groups is 1. The quantitative estimate of drug-likeness (QED) is 0.856. The van der Waals surface area contributed by atoms with Crippen LogP contribution in [0, 0.1) is 5.82 Å². The van der Waals surface area contributed by atoms with E-state index in [0.29, 0.717) is 11.3 Å². The SMILES string of the molecule is CC(O)c1cc(F)ccc1-n1cc(C(N)=O)cn1. The average Bonchev–Trinajstić information content (AvgIpc) is 2.78. The third-order valence-corrected chi connectivity index (χ3v) is 2.55. The number of primary amides is 1. The molecule has 0 fully saturated rings. The van der Waals surface area contributed by atoms with Crippen molar-refractivity contribution < 1.29 is 14.3 Å². The fourth-order valence-electron chi connectivity index (χ4n) is 1.65. The van der Waals surface area contributed by atoms with Crippen LogP contribution in [0.15, 0.2) is 30.6 Å². The Bertz CT molecular complexity index is 593. The number of hydrogen-bond acceptors (Lipinski definition) is 3. The molecule has 0 aliphatic carbocycles. The Kier molecular flexibility index (Phi) is 3.12. The van der Waals surface area contributed by atoms with Gasteiger partial charge >= 0.3 is 0 Å². The molecule has 94 valence electrons. The van der Waals surface area contributed by atoms with Crippen LogP contribution in [0.25, 0.3) is 5.69 Å². The van der Waals surface area contributed by atoms with E-state index in [2.05, 4.69) is 5.10 Å². The number of carbonyl (C=O) groups excluding carboxylic acids is 1. The van der Waals surface area contributed by atoms with E-state index in [-0.39, 0.29) is 5.56 Å². The van der Waals surface area contributed by atoms with E-state index in [0.717, 1.165) is 0 Å². The number of nitrogens with two attached hydrogens (primary N) is 1. The molecule has 1 atom stereocenters. The van der Waals surface area contributed by atoms with Crippen LogP contribution in [-0.2, 0) is 0 Å². The summed E-state index contributed by atoms with van der Waals surface area (Å²) in [6.07, 6.45) is 1.90. The molecule has 2 rings (SSSR count).